The first kappa shape index (κ1) is 12.3. The molecule has 1 saturated heterocycles. The molecule has 0 aromatic carbocycles. The monoisotopic (exact) mass is 261 g/mol. The van der Waals surface area contributed by atoms with E-state index in [1.807, 2.05) is 0 Å². The highest BCUT2D eigenvalue weighted by atomic mass is 32.2. The van der Waals surface area contributed by atoms with Gasteiger partial charge in [-0.25, -0.2) is 8.42 Å². The quantitative estimate of drug-likeness (QED) is 0.533. The molecule has 0 radical (unpaired) electrons. The maximum atomic E-state index is 11.9. The number of carbonyl (C=O) groups excluding carboxylic acids is 2. The minimum absolute atomic E-state index is 0.0318. The number of hydrogen-bond acceptors (Lipinski definition) is 5. The molecule has 0 aromatic rings. The first-order chi connectivity index (χ1) is 7.89. The fourth-order valence-electron chi connectivity index (χ4n) is 2.08. The smallest absolute Gasteiger partial charge is 0.321 e. The first-order valence-electron chi connectivity index (χ1n) is 5.49. The van der Waals surface area contributed by atoms with E-state index >= 15 is 0 Å². The summed E-state index contributed by atoms with van der Waals surface area (Å²) in [6.45, 7) is 0. The number of hydrogen-bond donors (Lipinski definition) is 1. The van der Waals surface area contributed by atoms with Crippen molar-refractivity contribution in [2.24, 2.45) is 5.41 Å². The van der Waals surface area contributed by atoms with Crippen LogP contribution in [0.15, 0.2) is 0 Å². The van der Waals surface area contributed by atoms with Crippen LogP contribution < -0.4 is 5.32 Å². The van der Waals surface area contributed by atoms with E-state index < -0.39 is 27.1 Å². The lowest BCUT2D eigenvalue weighted by Crippen LogP contribution is -2.43. The molecule has 1 amide bonds. The highest BCUT2D eigenvalue weighted by Crippen LogP contribution is 2.47. The molecule has 1 saturated carbocycles. The van der Waals surface area contributed by atoms with Crippen LogP contribution in [-0.4, -0.2) is 45.0 Å². The summed E-state index contributed by atoms with van der Waals surface area (Å²) in [4.78, 5) is 23.3. The zero-order chi connectivity index (χ0) is 12.7. The number of ether oxygens (including phenoxy) is 1. The number of nitrogens with one attached hydrogen (secondary N) is 1. The van der Waals surface area contributed by atoms with Gasteiger partial charge in [-0.15, -0.1) is 0 Å². The van der Waals surface area contributed by atoms with Crippen LogP contribution >= 0.6 is 0 Å². The molecule has 1 heterocycles. The number of rotatable bonds is 3. The second-order valence-corrected chi connectivity index (χ2v) is 6.88. The Balaban J connectivity index is 1.97. The van der Waals surface area contributed by atoms with Gasteiger partial charge in [-0.2, -0.15) is 0 Å². The van der Waals surface area contributed by atoms with E-state index in [4.69, 9.17) is 0 Å². The molecule has 0 aromatic heterocycles. The first-order valence-corrected chi connectivity index (χ1v) is 7.31. The van der Waals surface area contributed by atoms with E-state index in [9.17, 15) is 18.0 Å². The third kappa shape index (κ3) is 2.29. The molecule has 1 aliphatic heterocycles. The van der Waals surface area contributed by atoms with Crippen molar-refractivity contribution in [2.45, 2.75) is 25.3 Å². The number of methoxy groups -OCH3 is 1. The maximum Gasteiger partial charge on any atom is 0.321 e. The number of sulfone groups is 1. The van der Waals surface area contributed by atoms with Gasteiger partial charge in [0.25, 0.3) is 0 Å². The van der Waals surface area contributed by atoms with Gasteiger partial charge in [0.15, 0.2) is 9.84 Å². The Bertz CT molecular complexity index is 451. The van der Waals surface area contributed by atoms with Crippen molar-refractivity contribution in [3.8, 4) is 0 Å². The summed E-state index contributed by atoms with van der Waals surface area (Å²) in [6, 6.07) is -0.366. The SMILES string of the molecule is COC(=O)C1(C(=O)NC2CCS(=O)(=O)C2)CC1. The Morgan fingerprint density at radius 2 is 2.00 bits per heavy atom. The standard InChI is InChI=1S/C10H15NO5S/c1-16-9(13)10(3-4-10)8(12)11-7-2-5-17(14,15)6-7/h7H,2-6H2,1H3,(H,11,12). The summed E-state index contributed by atoms with van der Waals surface area (Å²) in [6.07, 6.45) is 1.38. The molecule has 6 nitrogen and oxygen atoms in total. The topological polar surface area (TPSA) is 89.5 Å². The predicted molar refractivity (Wildman–Crippen MR) is 58.9 cm³/mol. The fourth-order valence-corrected chi connectivity index (χ4v) is 3.75. The molecule has 17 heavy (non-hydrogen) atoms. The van der Waals surface area contributed by atoms with Crippen molar-refractivity contribution in [3.05, 3.63) is 0 Å². The van der Waals surface area contributed by atoms with Gasteiger partial charge in [0, 0.05) is 6.04 Å². The number of esters is 1. The molecular formula is C10H15NO5S. The van der Waals surface area contributed by atoms with E-state index in [-0.39, 0.29) is 17.5 Å². The summed E-state index contributed by atoms with van der Waals surface area (Å²) in [5.74, 6) is -0.860. The third-order valence-corrected chi connectivity index (χ3v) is 5.10. The normalized spacial score (nSPS) is 28.4. The Labute approximate surface area is 99.6 Å². The van der Waals surface area contributed by atoms with Crippen LogP contribution in [0.4, 0.5) is 0 Å². The van der Waals surface area contributed by atoms with Gasteiger partial charge >= 0.3 is 5.97 Å². The molecule has 96 valence electrons. The second-order valence-electron chi connectivity index (χ2n) is 4.65. The van der Waals surface area contributed by atoms with Gasteiger partial charge in [0.2, 0.25) is 5.91 Å². The minimum atomic E-state index is -3.02. The molecule has 2 rings (SSSR count). The zero-order valence-electron chi connectivity index (χ0n) is 9.56. The Morgan fingerprint density at radius 1 is 1.35 bits per heavy atom. The maximum absolute atomic E-state index is 11.9. The van der Waals surface area contributed by atoms with Crippen LogP contribution in [0, 0.1) is 5.41 Å². The number of carbonyl (C=O) groups is 2. The van der Waals surface area contributed by atoms with Crippen molar-refractivity contribution in [2.75, 3.05) is 18.6 Å². The van der Waals surface area contributed by atoms with Gasteiger partial charge in [0.05, 0.1) is 18.6 Å². The lowest BCUT2D eigenvalue weighted by molar-refractivity contribution is -0.152. The Morgan fingerprint density at radius 3 is 2.41 bits per heavy atom. The average molecular weight is 261 g/mol. The van der Waals surface area contributed by atoms with Crippen molar-refractivity contribution >= 4 is 21.7 Å². The number of amides is 1. The summed E-state index contributed by atoms with van der Waals surface area (Å²) >= 11 is 0. The lowest BCUT2D eigenvalue weighted by atomic mass is 10.1. The zero-order valence-corrected chi connectivity index (χ0v) is 10.4. The molecular weight excluding hydrogens is 246 g/mol. The average Bonchev–Trinajstić information content (AvgIpc) is 3.00. The van der Waals surface area contributed by atoms with Crippen LogP contribution in [0.25, 0.3) is 0 Å². The Hall–Kier alpha value is -1.11. The van der Waals surface area contributed by atoms with Gasteiger partial charge in [-0.1, -0.05) is 0 Å². The van der Waals surface area contributed by atoms with Crippen LogP contribution in [0.3, 0.4) is 0 Å². The minimum Gasteiger partial charge on any atom is -0.468 e. The molecule has 1 unspecified atom stereocenters. The van der Waals surface area contributed by atoms with E-state index in [0.29, 0.717) is 19.3 Å². The van der Waals surface area contributed by atoms with Gasteiger partial charge in [0.1, 0.15) is 5.41 Å². The molecule has 2 aliphatic rings. The molecule has 1 N–H and O–H groups in total. The molecule has 0 bridgehead atoms. The van der Waals surface area contributed by atoms with E-state index in [2.05, 4.69) is 10.1 Å². The largest absolute Gasteiger partial charge is 0.468 e. The second kappa shape index (κ2) is 3.97. The predicted octanol–water partition coefficient (Wildman–Crippen LogP) is -0.757. The van der Waals surface area contributed by atoms with Crippen LogP contribution in [0.5, 0.6) is 0 Å². The van der Waals surface area contributed by atoms with Gasteiger partial charge in [-0.05, 0) is 19.3 Å². The summed E-state index contributed by atoms with van der Waals surface area (Å²) in [5.41, 5.74) is -1.05. The van der Waals surface area contributed by atoms with E-state index in [1.165, 1.54) is 7.11 Å². The van der Waals surface area contributed by atoms with Crippen LogP contribution in [0.1, 0.15) is 19.3 Å². The van der Waals surface area contributed by atoms with Crippen molar-refractivity contribution < 1.29 is 22.7 Å². The highest BCUT2D eigenvalue weighted by molar-refractivity contribution is 7.91. The molecule has 2 fully saturated rings. The third-order valence-electron chi connectivity index (χ3n) is 3.33. The summed E-state index contributed by atoms with van der Waals surface area (Å²) in [5, 5.41) is 2.63. The van der Waals surface area contributed by atoms with Gasteiger partial charge < -0.3 is 10.1 Å². The van der Waals surface area contributed by atoms with Crippen LogP contribution in [-0.2, 0) is 24.2 Å². The van der Waals surface area contributed by atoms with Crippen molar-refractivity contribution in [1.82, 2.24) is 5.32 Å². The highest BCUT2D eigenvalue weighted by Gasteiger charge is 2.58. The molecule has 0 spiro atoms. The van der Waals surface area contributed by atoms with E-state index in [0.717, 1.165) is 0 Å². The van der Waals surface area contributed by atoms with Crippen LogP contribution in [0.2, 0.25) is 0 Å². The molecule has 7 heteroatoms. The van der Waals surface area contributed by atoms with Gasteiger partial charge in [-0.3, -0.25) is 9.59 Å². The van der Waals surface area contributed by atoms with E-state index in [1.54, 1.807) is 0 Å². The Kier molecular flexibility index (Phi) is 2.89. The molecule has 1 atom stereocenters. The van der Waals surface area contributed by atoms with Crippen molar-refractivity contribution in [3.63, 3.8) is 0 Å². The van der Waals surface area contributed by atoms with Crippen molar-refractivity contribution in [1.29, 1.82) is 0 Å². The summed E-state index contributed by atoms with van der Waals surface area (Å²) in [7, 11) is -1.78. The fraction of sp³-hybridized carbons (Fsp3) is 0.800. The molecule has 1 aliphatic carbocycles. The lowest BCUT2D eigenvalue weighted by Gasteiger charge is -2.16. The summed E-state index contributed by atoms with van der Waals surface area (Å²) < 4.78 is 27.1.